The molecule has 0 unspecified atom stereocenters. The lowest BCUT2D eigenvalue weighted by Gasteiger charge is -2.10. The van der Waals surface area contributed by atoms with Gasteiger partial charge in [0.15, 0.2) is 0 Å². The summed E-state index contributed by atoms with van der Waals surface area (Å²) in [7, 11) is 0. The van der Waals surface area contributed by atoms with Crippen LogP contribution in [0.1, 0.15) is 117 Å². The van der Waals surface area contributed by atoms with Gasteiger partial charge in [0.25, 0.3) is 0 Å². The number of nitrogens with zero attached hydrogens (tertiary/aromatic N) is 1. The lowest BCUT2D eigenvalue weighted by molar-refractivity contribution is 0.0487. The Morgan fingerprint density at radius 2 is 1.37 bits per heavy atom. The molecule has 0 amide bonds. The van der Waals surface area contributed by atoms with E-state index in [1.54, 1.807) is 6.07 Å². The molecule has 0 radical (unpaired) electrons. The van der Waals surface area contributed by atoms with Gasteiger partial charge in [0.2, 0.25) is 0 Å². The summed E-state index contributed by atoms with van der Waals surface area (Å²) in [4.78, 5) is 28.1. The fourth-order valence-electron chi connectivity index (χ4n) is 4.35. The summed E-state index contributed by atoms with van der Waals surface area (Å²) in [6, 6.07) is 17.1. The monoisotopic (exact) mass is 519 g/mol. The van der Waals surface area contributed by atoms with Gasteiger partial charge in [0.1, 0.15) is 0 Å². The highest BCUT2D eigenvalue weighted by atomic mass is 16.5. The van der Waals surface area contributed by atoms with E-state index in [1.807, 2.05) is 36.5 Å². The molecular formula is C33H45NO4. The molecule has 5 heteroatoms. The summed E-state index contributed by atoms with van der Waals surface area (Å²) in [5, 5.41) is 10.6. The molecule has 1 aromatic heterocycles. The van der Waals surface area contributed by atoms with Crippen molar-refractivity contribution in [3.05, 3.63) is 77.5 Å². The van der Waals surface area contributed by atoms with E-state index in [9.17, 15) is 14.7 Å². The number of para-hydroxylation sites is 1. The molecule has 0 saturated carbocycles. The van der Waals surface area contributed by atoms with Crippen molar-refractivity contribution >= 4 is 22.8 Å². The van der Waals surface area contributed by atoms with Crippen molar-refractivity contribution in [2.45, 2.75) is 97.3 Å². The molecule has 0 aliphatic heterocycles. The second-order valence-electron chi connectivity index (χ2n) is 9.80. The summed E-state index contributed by atoms with van der Waals surface area (Å²) in [6.45, 7) is 4.74. The SMILES string of the molecule is CCCCCCCCOC(=O)c1cc(CCCCCCCC)ccc1C(=O)O.c1ccc2ncccc2c1. The number of unbranched alkanes of at least 4 members (excludes halogenated alkanes) is 10. The van der Waals surface area contributed by atoms with Crippen LogP contribution in [-0.2, 0) is 11.2 Å². The zero-order chi connectivity index (χ0) is 27.4. The van der Waals surface area contributed by atoms with Gasteiger partial charge >= 0.3 is 11.9 Å². The van der Waals surface area contributed by atoms with Crippen LogP contribution in [0.2, 0.25) is 0 Å². The quantitative estimate of drug-likeness (QED) is 0.151. The molecule has 0 saturated heterocycles. The minimum absolute atomic E-state index is 0.0274. The van der Waals surface area contributed by atoms with Crippen LogP contribution in [0.25, 0.3) is 10.9 Å². The molecule has 0 atom stereocenters. The van der Waals surface area contributed by atoms with Crippen LogP contribution in [0.5, 0.6) is 0 Å². The number of carbonyl (C=O) groups is 2. The number of esters is 1. The first kappa shape index (κ1) is 31.0. The van der Waals surface area contributed by atoms with Crippen LogP contribution in [0.15, 0.2) is 60.8 Å². The van der Waals surface area contributed by atoms with Crippen LogP contribution >= 0.6 is 0 Å². The van der Waals surface area contributed by atoms with Crippen molar-refractivity contribution in [2.75, 3.05) is 6.61 Å². The van der Waals surface area contributed by atoms with Crippen LogP contribution in [0.4, 0.5) is 0 Å². The molecule has 1 heterocycles. The Kier molecular flexibility index (Phi) is 15.5. The van der Waals surface area contributed by atoms with E-state index in [1.165, 1.54) is 62.8 Å². The summed E-state index contributed by atoms with van der Waals surface area (Å²) < 4.78 is 5.35. The Balaban J connectivity index is 0.000000415. The van der Waals surface area contributed by atoms with E-state index in [2.05, 4.69) is 31.0 Å². The maximum absolute atomic E-state index is 12.4. The van der Waals surface area contributed by atoms with Crippen LogP contribution in [-0.4, -0.2) is 28.6 Å². The van der Waals surface area contributed by atoms with Crippen LogP contribution in [0.3, 0.4) is 0 Å². The van der Waals surface area contributed by atoms with E-state index in [4.69, 9.17) is 4.74 Å². The second-order valence-corrected chi connectivity index (χ2v) is 9.80. The minimum atomic E-state index is -1.09. The van der Waals surface area contributed by atoms with Crippen molar-refractivity contribution < 1.29 is 19.4 Å². The Morgan fingerprint density at radius 3 is 2.05 bits per heavy atom. The first-order valence-electron chi connectivity index (χ1n) is 14.4. The highest BCUT2D eigenvalue weighted by Gasteiger charge is 2.18. The van der Waals surface area contributed by atoms with Crippen molar-refractivity contribution in [1.29, 1.82) is 0 Å². The number of carbonyl (C=O) groups excluding carboxylic acids is 1. The maximum atomic E-state index is 12.4. The number of hydrogen-bond acceptors (Lipinski definition) is 4. The van der Waals surface area contributed by atoms with E-state index in [-0.39, 0.29) is 11.1 Å². The van der Waals surface area contributed by atoms with Crippen molar-refractivity contribution in [2.24, 2.45) is 0 Å². The molecule has 0 spiro atoms. The van der Waals surface area contributed by atoms with Gasteiger partial charge in [-0.1, -0.05) is 108 Å². The number of benzene rings is 2. The van der Waals surface area contributed by atoms with E-state index in [0.29, 0.717) is 6.61 Å². The van der Waals surface area contributed by atoms with Gasteiger partial charge in [-0.25, -0.2) is 9.59 Å². The zero-order valence-corrected chi connectivity index (χ0v) is 23.3. The number of aryl methyl sites for hydroxylation is 1. The Morgan fingerprint density at radius 1 is 0.737 bits per heavy atom. The molecule has 3 rings (SSSR count). The number of fused-ring (bicyclic) bond motifs is 1. The largest absolute Gasteiger partial charge is 0.478 e. The number of aromatic nitrogens is 1. The Hall–Kier alpha value is -3.21. The second kappa shape index (κ2) is 18.9. The third kappa shape index (κ3) is 11.9. The number of carboxylic acids is 1. The molecule has 206 valence electrons. The number of carboxylic acid groups (broad SMARTS) is 1. The van der Waals surface area contributed by atoms with E-state index in [0.717, 1.165) is 43.2 Å². The number of pyridine rings is 1. The topological polar surface area (TPSA) is 76.5 Å². The molecule has 0 fully saturated rings. The normalized spacial score (nSPS) is 10.6. The van der Waals surface area contributed by atoms with Crippen LogP contribution < -0.4 is 0 Å². The molecule has 0 aliphatic rings. The molecule has 38 heavy (non-hydrogen) atoms. The first-order chi connectivity index (χ1) is 18.6. The first-order valence-corrected chi connectivity index (χ1v) is 14.4. The molecule has 0 aliphatic carbocycles. The van der Waals surface area contributed by atoms with Crippen LogP contribution in [0, 0.1) is 0 Å². The van der Waals surface area contributed by atoms with Gasteiger partial charge in [0.05, 0.1) is 23.3 Å². The molecule has 2 aromatic carbocycles. The minimum Gasteiger partial charge on any atom is -0.478 e. The van der Waals surface area contributed by atoms with Gasteiger partial charge in [-0.15, -0.1) is 0 Å². The third-order valence-electron chi connectivity index (χ3n) is 6.60. The summed E-state index contributed by atoms with van der Waals surface area (Å²) in [5.41, 5.74) is 2.28. The molecular weight excluding hydrogens is 474 g/mol. The Bertz CT molecular complexity index is 1030. The number of hydrogen-bond donors (Lipinski definition) is 1. The zero-order valence-electron chi connectivity index (χ0n) is 23.3. The molecule has 5 nitrogen and oxygen atoms in total. The van der Waals surface area contributed by atoms with Crippen molar-refractivity contribution in [3.8, 4) is 0 Å². The lowest BCUT2D eigenvalue weighted by atomic mass is 9.99. The van der Waals surface area contributed by atoms with E-state index < -0.39 is 11.9 Å². The maximum Gasteiger partial charge on any atom is 0.339 e. The van der Waals surface area contributed by atoms with Gasteiger partial charge in [-0.05, 0) is 49.1 Å². The highest BCUT2D eigenvalue weighted by molar-refractivity contribution is 6.02. The molecule has 0 bridgehead atoms. The average Bonchev–Trinajstić information content (AvgIpc) is 2.94. The highest BCUT2D eigenvalue weighted by Crippen LogP contribution is 2.17. The smallest absolute Gasteiger partial charge is 0.339 e. The van der Waals surface area contributed by atoms with Gasteiger partial charge in [0, 0.05) is 11.6 Å². The van der Waals surface area contributed by atoms with Gasteiger partial charge < -0.3 is 9.84 Å². The predicted molar refractivity (Wildman–Crippen MR) is 156 cm³/mol. The fraction of sp³-hybridized carbons (Fsp3) is 0.485. The Labute approximate surface area is 228 Å². The number of aromatic carboxylic acids is 1. The lowest BCUT2D eigenvalue weighted by Crippen LogP contribution is -2.13. The van der Waals surface area contributed by atoms with E-state index >= 15 is 0 Å². The number of ether oxygens (including phenoxy) is 1. The standard InChI is InChI=1S/C24H38O4.C9H7N/c1-3-5-7-9-11-13-15-20-16-17-21(23(25)26)22(19-20)24(27)28-18-14-12-10-8-6-4-2;1-2-6-9-8(4-1)5-3-7-10-9/h16-17,19H,3-15,18H2,1-2H3,(H,25,26);1-7H. The van der Waals surface area contributed by atoms with Gasteiger partial charge in [-0.3, -0.25) is 4.98 Å². The van der Waals surface area contributed by atoms with Gasteiger partial charge in [-0.2, -0.15) is 0 Å². The molecule has 1 N–H and O–H groups in total. The van der Waals surface area contributed by atoms with Crippen molar-refractivity contribution in [1.82, 2.24) is 4.98 Å². The average molecular weight is 520 g/mol. The predicted octanol–water partition coefficient (Wildman–Crippen LogP) is 9.04. The van der Waals surface area contributed by atoms with Crippen molar-refractivity contribution in [3.63, 3.8) is 0 Å². The molecule has 3 aromatic rings. The number of rotatable bonds is 16. The summed E-state index contributed by atoms with van der Waals surface area (Å²) in [6.07, 6.45) is 16.6. The fourth-order valence-corrected chi connectivity index (χ4v) is 4.35. The summed E-state index contributed by atoms with van der Waals surface area (Å²) >= 11 is 0. The summed E-state index contributed by atoms with van der Waals surface area (Å²) in [5.74, 6) is -1.60. The third-order valence-corrected chi connectivity index (χ3v) is 6.60.